The molecule has 0 radical (unpaired) electrons. The van der Waals surface area contributed by atoms with Gasteiger partial charge in [0.1, 0.15) is 11.5 Å². The number of benzene rings is 1. The van der Waals surface area contributed by atoms with Gasteiger partial charge in [-0.1, -0.05) is 29.8 Å². The molecule has 5 nitrogen and oxygen atoms in total. The lowest BCUT2D eigenvalue weighted by Gasteiger charge is -2.12. The van der Waals surface area contributed by atoms with E-state index in [1.165, 1.54) is 4.40 Å². The number of nitrogens with one attached hydrogen (secondary N) is 1. The fourth-order valence-electron chi connectivity index (χ4n) is 2.46. The molecule has 0 aliphatic heterocycles. The van der Waals surface area contributed by atoms with Gasteiger partial charge in [0.15, 0.2) is 0 Å². The Kier molecular flexibility index (Phi) is 4.32. The van der Waals surface area contributed by atoms with Crippen molar-refractivity contribution in [2.75, 3.05) is 5.32 Å². The van der Waals surface area contributed by atoms with Gasteiger partial charge in [-0.25, -0.2) is 4.98 Å². The lowest BCUT2D eigenvalue weighted by Crippen LogP contribution is -2.23. The molecule has 1 aromatic carbocycles. The lowest BCUT2D eigenvalue weighted by molar-refractivity contribution is 0.280. The predicted octanol–water partition coefficient (Wildman–Crippen LogP) is 2.76. The number of aliphatic hydroxyl groups is 1. The molecule has 0 amide bonds. The summed E-state index contributed by atoms with van der Waals surface area (Å²) in [7, 11) is 0. The molecule has 2 heterocycles. The Hall–Kier alpha value is -2.37. The van der Waals surface area contributed by atoms with E-state index in [-0.39, 0.29) is 17.7 Å². The van der Waals surface area contributed by atoms with E-state index >= 15 is 0 Å². The third-order valence-corrected chi connectivity index (χ3v) is 3.88. The average molecular weight is 330 g/mol. The second-order valence-electron chi connectivity index (χ2n) is 5.27. The molecule has 0 spiro atoms. The van der Waals surface area contributed by atoms with Crippen LogP contribution in [-0.4, -0.2) is 14.5 Å². The van der Waals surface area contributed by atoms with E-state index in [4.69, 9.17) is 11.6 Å². The Morgan fingerprint density at radius 2 is 2.13 bits per heavy atom. The minimum absolute atomic E-state index is 0.245. The highest BCUT2D eigenvalue weighted by Crippen LogP contribution is 2.16. The lowest BCUT2D eigenvalue weighted by atomic mass is 10.2. The monoisotopic (exact) mass is 329 g/mol. The van der Waals surface area contributed by atoms with Crippen LogP contribution in [0.5, 0.6) is 0 Å². The van der Waals surface area contributed by atoms with Crippen molar-refractivity contribution >= 4 is 23.1 Å². The highest BCUT2D eigenvalue weighted by atomic mass is 35.5. The van der Waals surface area contributed by atoms with Crippen molar-refractivity contribution in [3.05, 3.63) is 74.7 Å². The van der Waals surface area contributed by atoms with Crippen molar-refractivity contribution in [3.63, 3.8) is 0 Å². The summed E-state index contributed by atoms with van der Waals surface area (Å²) in [5.74, 6) is 0.395. The van der Waals surface area contributed by atoms with Crippen LogP contribution < -0.4 is 10.9 Å². The summed E-state index contributed by atoms with van der Waals surface area (Å²) in [6, 6.07) is 11.1. The molecule has 0 fully saturated rings. The second kappa shape index (κ2) is 6.40. The number of nitrogens with zero attached hydrogens (tertiary/aromatic N) is 2. The summed E-state index contributed by atoms with van der Waals surface area (Å²) in [5, 5.41) is 13.3. The zero-order valence-electron chi connectivity index (χ0n) is 12.6. The number of fused-ring (bicyclic) bond motifs is 1. The van der Waals surface area contributed by atoms with Crippen LogP contribution in [0.4, 0.5) is 5.82 Å². The molecule has 3 aromatic rings. The molecule has 6 heteroatoms. The van der Waals surface area contributed by atoms with E-state index in [1.54, 1.807) is 18.3 Å². The van der Waals surface area contributed by atoms with Crippen molar-refractivity contribution in [2.24, 2.45) is 0 Å². The van der Waals surface area contributed by atoms with Gasteiger partial charge >= 0.3 is 0 Å². The van der Waals surface area contributed by atoms with E-state index < -0.39 is 0 Å². The molecule has 0 aliphatic carbocycles. The Morgan fingerprint density at radius 1 is 1.30 bits per heavy atom. The van der Waals surface area contributed by atoms with Crippen LogP contribution in [0.25, 0.3) is 5.65 Å². The standard InChI is InChI=1S/C17H16ClN3O2/c1-11-4-3-7-21-16(11)20-15(14(10-22)17(21)23)19-9-12-5-2-6-13(18)8-12/h2-8,19,22H,9-10H2,1H3. The van der Waals surface area contributed by atoms with Crippen LogP contribution in [-0.2, 0) is 13.2 Å². The SMILES string of the molecule is Cc1cccn2c(=O)c(CO)c(NCc3cccc(Cl)c3)nc12. The topological polar surface area (TPSA) is 66.6 Å². The summed E-state index contributed by atoms with van der Waals surface area (Å²) in [4.78, 5) is 17.0. The molecule has 2 N–H and O–H groups in total. The number of anilines is 1. The molecule has 118 valence electrons. The first-order valence-corrected chi connectivity index (χ1v) is 7.58. The molecule has 3 rings (SSSR count). The van der Waals surface area contributed by atoms with Crippen molar-refractivity contribution in [2.45, 2.75) is 20.1 Å². The van der Waals surface area contributed by atoms with Gasteiger partial charge < -0.3 is 10.4 Å². The summed E-state index contributed by atoms with van der Waals surface area (Å²) in [6.45, 7) is 1.98. The molecule has 0 aliphatic rings. The summed E-state index contributed by atoms with van der Waals surface area (Å²) in [6.07, 6.45) is 1.65. The molecular weight excluding hydrogens is 314 g/mol. The number of aromatic nitrogens is 2. The third-order valence-electron chi connectivity index (χ3n) is 3.65. The quantitative estimate of drug-likeness (QED) is 0.772. The number of halogens is 1. The Bertz CT molecular complexity index is 921. The summed E-state index contributed by atoms with van der Waals surface area (Å²) >= 11 is 5.97. The van der Waals surface area contributed by atoms with E-state index in [0.717, 1.165) is 11.1 Å². The smallest absolute Gasteiger partial charge is 0.265 e. The largest absolute Gasteiger partial charge is 0.391 e. The summed E-state index contributed by atoms with van der Waals surface area (Å²) < 4.78 is 1.45. The van der Waals surface area contributed by atoms with Crippen LogP contribution in [0.3, 0.4) is 0 Å². The van der Waals surface area contributed by atoms with E-state index in [2.05, 4.69) is 10.3 Å². The highest BCUT2D eigenvalue weighted by Gasteiger charge is 2.12. The first-order valence-electron chi connectivity index (χ1n) is 7.20. The fourth-order valence-corrected chi connectivity index (χ4v) is 2.67. The maximum Gasteiger partial charge on any atom is 0.265 e. The first-order chi connectivity index (χ1) is 11.1. The summed E-state index contributed by atoms with van der Waals surface area (Å²) in [5.41, 5.74) is 2.40. The van der Waals surface area contributed by atoms with Gasteiger partial charge in [0.05, 0.1) is 12.2 Å². The van der Waals surface area contributed by atoms with Crippen molar-refractivity contribution < 1.29 is 5.11 Å². The van der Waals surface area contributed by atoms with E-state index in [9.17, 15) is 9.90 Å². The molecule has 0 atom stereocenters. The van der Waals surface area contributed by atoms with Gasteiger partial charge in [-0.05, 0) is 36.2 Å². The highest BCUT2D eigenvalue weighted by molar-refractivity contribution is 6.30. The van der Waals surface area contributed by atoms with Crippen LogP contribution in [0.2, 0.25) is 5.02 Å². The maximum atomic E-state index is 12.5. The second-order valence-corrected chi connectivity index (χ2v) is 5.71. The van der Waals surface area contributed by atoms with Crippen LogP contribution in [0, 0.1) is 6.92 Å². The van der Waals surface area contributed by atoms with Gasteiger partial charge in [0, 0.05) is 17.8 Å². The number of aliphatic hydroxyl groups excluding tert-OH is 1. The Labute approximate surface area is 138 Å². The molecular formula is C17H16ClN3O2. The van der Waals surface area contributed by atoms with Crippen molar-refractivity contribution in [3.8, 4) is 0 Å². The predicted molar refractivity (Wildman–Crippen MR) is 90.9 cm³/mol. The van der Waals surface area contributed by atoms with E-state index in [1.807, 2.05) is 31.2 Å². The first kappa shape index (κ1) is 15.5. The molecule has 0 bridgehead atoms. The fraction of sp³-hybridized carbons (Fsp3) is 0.176. The van der Waals surface area contributed by atoms with Crippen molar-refractivity contribution in [1.29, 1.82) is 0 Å². The van der Waals surface area contributed by atoms with Crippen LogP contribution >= 0.6 is 11.6 Å². The average Bonchev–Trinajstić information content (AvgIpc) is 2.54. The van der Waals surface area contributed by atoms with Gasteiger partial charge in [-0.3, -0.25) is 9.20 Å². The van der Waals surface area contributed by atoms with Gasteiger partial charge in [0.2, 0.25) is 0 Å². The van der Waals surface area contributed by atoms with E-state index in [0.29, 0.717) is 23.0 Å². The van der Waals surface area contributed by atoms with Crippen molar-refractivity contribution in [1.82, 2.24) is 9.38 Å². The number of aryl methyl sites for hydroxylation is 1. The Morgan fingerprint density at radius 3 is 2.87 bits per heavy atom. The molecule has 0 unspecified atom stereocenters. The zero-order valence-corrected chi connectivity index (χ0v) is 13.3. The zero-order chi connectivity index (χ0) is 16.4. The molecule has 2 aromatic heterocycles. The number of hydrogen-bond donors (Lipinski definition) is 2. The number of rotatable bonds is 4. The number of hydrogen-bond acceptors (Lipinski definition) is 4. The van der Waals surface area contributed by atoms with Gasteiger partial charge in [-0.15, -0.1) is 0 Å². The molecule has 23 heavy (non-hydrogen) atoms. The molecule has 0 saturated carbocycles. The minimum Gasteiger partial charge on any atom is -0.391 e. The van der Waals surface area contributed by atoms with Gasteiger partial charge in [-0.2, -0.15) is 0 Å². The molecule has 0 saturated heterocycles. The Balaban J connectivity index is 2.02. The number of pyridine rings is 1. The minimum atomic E-state index is -0.374. The normalized spacial score (nSPS) is 10.9. The third kappa shape index (κ3) is 3.06. The maximum absolute atomic E-state index is 12.5. The van der Waals surface area contributed by atoms with Crippen LogP contribution in [0.15, 0.2) is 47.4 Å². The van der Waals surface area contributed by atoms with Crippen LogP contribution in [0.1, 0.15) is 16.7 Å². The van der Waals surface area contributed by atoms with Gasteiger partial charge in [0.25, 0.3) is 5.56 Å².